The van der Waals surface area contributed by atoms with E-state index >= 15 is 0 Å². The minimum absolute atomic E-state index is 0.0151. The smallest absolute Gasteiger partial charge is 0.309 e. The molecule has 5 heteroatoms. The second-order valence-electron chi connectivity index (χ2n) is 8.61. The Bertz CT molecular complexity index is 440. The van der Waals surface area contributed by atoms with Gasteiger partial charge in [0.15, 0.2) is 0 Å². The summed E-state index contributed by atoms with van der Waals surface area (Å²) in [6.07, 6.45) is 13.3. The van der Waals surface area contributed by atoms with Crippen LogP contribution in [0.1, 0.15) is 83.5 Å². The number of unbranched alkanes of at least 4 members (excludes halogenated alkanes) is 5. The van der Waals surface area contributed by atoms with Crippen LogP contribution in [0.2, 0.25) is 0 Å². The monoisotopic (exact) mass is 368 g/mol. The van der Waals surface area contributed by atoms with Gasteiger partial charge < -0.3 is 19.7 Å². The van der Waals surface area contributed by atoms with Gasteiger partial charge >= 0.3 is 5.97 Å². The number of rotatable bonds is 10. The largest absolute Gasteiger partial charge is 0.465 e. The van der Waals surface area contributed by atoms with Gasteiger partial charge in [-0.3, -0.25) is 4.79 Å². The number of epoxide rings is 1. The quantitative estimate of drug-likeness (QED) is 0.351. The van der Waals surface area contributed by atoms with Crippen LogP contribution in [0.15, 0.2) is 0 Å². The fourth-order valence-electron chi connectivity index (χ4n) is 4.63. The van der Waals surface area contributed by atoms with Gasteiger partial charge in [-0.05, 0) is 50.9 Å². The second kappa shape index (κ2) is 10.0. The Balaban J connectivity index is 1.11. The molecule has 3 aliphatic rings. The molecular formula is C21H36O5. The number of esters is 1. The minimum atomic E-state index is -0.511. The molecule has 0 spiro atoms. The number of hydrogen-bond donors (Lipinski definition) is 2. The van der Waals surface area contributed by atoms with Gasteiger partial charge in [0, 0.05) is 0 Å². The summed E-state index contributed by atoms with van der Waals surface area (Å²) in [5.41, 5.74) is 0. The van der Waals surface area contributed by atoms with Gasteiger partial charge in [-0.25, -0.2) is 0 Å². The van der Waals surface area contributed by atoms with Crippen molar-refractivity contribution in [1.29, 1.82) is 0 Å². The normalized spacial score (nSPS) is 36.4. The highest BCUT2D eigenvalue weighted by Crippen LogP contribution is 2.39. The molecule has 3 rings (SSSR count). The predicted molar refractivity (Wildman–Crippen MR) is 98.6 cm³/mol. The van der Waals surface area contributed by atoms with Gasteiger partial charge in [0.05, 0.1) is 36.9 Å². The van der Waals surface area contributed by atoms with Crippen molar-refractivity contribution in [3.8, 4) is 0 Å². The molecule has 6 unspecified atom stereocenters. The Kier molecular flexibility index (Phi) is 7.77. The summed E-state index contributed by atoms with van der Waals surface area (Å²) in [4.78, 5) is 12.0. The third-order valence-electron chi connectivity index (χ3n) is 6.48. The Morgan fingerprint density at radius 3 is 2.38 bits per heavy atom. The Hall–Kier alpha value is -0.650. The van der Waals surface area contributed by atoms with E-state index in [0.29, 0.717) is 24.7 Å². The molecule has 150 valence electrons. The lowest BCUT2D eigenvalue weighted by Crippen LogP contribution is -2.33. The first-order valence-electron chi connectivity index (χ1n) is 10.8. The fraction of sp³-hybridized carbons (Fsp3) is 0.952. The van der Waals surface area contributed by atoms with E-state index in [1.807, 2.05) is 0 Å². The number of aliphatic hydroxyl groups is 2. The summed E-state index contributed by atoms with van der Waals surface area (Å²) in [7, 11) is 0. The summed E-state index contributed by atoms with van der Waals surface area (Å²) in [5.74, 6) is 0.640. The molecule has 1 saturated heterocycles. The number of aliphatic hydroxyl groups excluding tert-OH is 2. The van der Waals surface area contributed by atoms with Gasteiger partial charge in [-0.15, -0.1) is 0 Å². The number of ether oxygens (including phenoxy) is 2. The van der Waals surface area contributed by atoms with Crippen molar-refractivity contribution in [2.45, 2.75) is 108 Å². The number of fused-ring (bicyclic) bond motifs is 1. The summed E-state index contributed by atoms with van der Waals surface area (Å²) in [6.45, 7) is 0.562. The number of carbonyl (C=O) groups is 1. The first-order valence-corrected chi connectivity index (χ1v) is 10.8. The van der Waals surface area contributed by atoms with Crippen molar-refractivity contribution in [3.05, 3.63) is 0 Å². The van der Waals surface area contributed by atoms with E-state index in [9.17, 15) is 15.0 Å². The zero-order valence-electron chi connectivity index (χ0n) is 16.0. The van der Waals surface area contributed by atoms with Gasteiger partial charge in [0.2, 0.25) is 0 Å². The van der Waals surface area contributed by atoms with Crippen molar-refractivity contribution in [2.75, 3.05) is 6.61 Å². The molecule has 26 heavy (non-hydrogen) atoms. The van der Waals surface area contributed by atoms with Crippen LogP contribution in [0.4, 0.5) is 0 Å². The van der Waals surface area contributed by atoms with E-state index in [0.717, 1.165) is 51.4 Å². The third kappa shape index (κ3) is 6.21. The highest BCUT2D eigenvalue weighted by atomic mass is 16.6. The van der Waals surface area contributed by atoms with Gasteiger partial charge in [0.25, 0.3) is 0 Å². The molecular weight excluding hydrogens is 332 g/mol. The van der Waals surface area contributed by atoms with Crippen LogP contribution in [0.5, 0.6) is 0 Å². The van der Waals surface area contributed by atoms with Crippen LogP contribution < -0.4 is 0 Å². The van der Waals surface area contributed by atoms with E-state index in [-0.39, 0.29) is 11.9 Å². The summed E-state index contributed by atoms with van der Waals surface area (Å²) in [5, 5.41) is 19.3. The van der Waals surface area contributed by atoms with E-state index < -0.39 is 12.2 Å². The zero-order valence-corrected chi connectivity index (χ0v) is 16.0. The lowest BCUT2D eigenvalue weighted by molar-refractivity contribution is -0.149. The van der Waals surface area contributed by atoms with E-state index in [4.69, 9.17) is 9.47 Å². The molecule has 0 aromatic carbocycles. The summed E-state index contributed by atoms with van der Waals surface area (Å²) in [6, 6.07) is 0. The van der Waals surface area contributed by atoms with Crippen molar-refractivity contribution in [3.63, 3.8) is 0 Å². The van der Waals surface area contributed by atoms with Gasteiger partial charge in [-0.1, -0.05) is 38.5 Å². The Morgan fingerprint density at radius 1 is 0.846 bits per heavy atom. The lowest BCUT2D eigenvalue weighted by atomic mass is 9.82. The average molecular weight is 369 g/mol. The topological polar surface area (TPSA) is 79.3 Å². The van der Waals surface area contributed by atoms with E-state index in [1.165, 1.54) is 32.1 Å². The van der Waals surface area contributed by atoms with Crippen molar-refractivity contribution < 1.29 is 24.5 Å². The molecule has 0 amide bonds. The van der Waals surface area contributed by atoms with E-state index in [1.54, 1.807) is 0 Å². The Morgan fingerprint density at radius 2 is 1.62 bits per heavy atom. The minimum Gasteiger partial charge on any atom is -0.465 e. The van der Waals surface area contributed by atoms with Crippen LogP contribution in [0.3, 0.4) is 0 Å². The maximum Gasteiger partial charge on any atom is 0.309 e. The highest BCUT2D eigenvalue weighted by Gasteiger charge is 2.46. The SMILES string of the molecule is O=C(OCCCCCCCCC1CCC(O)C(O)C1)C1CCC2OC2C1. The van der Waals surface area contributed by atoms with Crippen LogP contribution >= 0.6 is 0 Å². The standard InChI is InChI=1S/C21H36O5/c22-17-10-8-15(13-18(17)23)7-5-3-1-2-4-6-12-25-21(24)16-9-11-19-20(14-16)26-19/h15-20,22-23H,1-14H2. The van der Waals surface area contributed by atoms with Crippen LogP contribution in [0, 0.1) is 11.8 Å². The molecule has 3 fully saturated rings. The van der Waals surface area contributed by atoms with Crippen LogP contribution in [-0.2, 0) is 14.3 Å². The molecule has 2 saturated carbocycles. The van der Waals surface area contributed by atoms with Crippen molar-refractivity contribution in [2.24, 2.45) is 11.8 Å². The molecule has 0 aromatic heterocycles. The molecule has 6 atom stereocenters. The molecule has 2 aliphatic carbocycles. The molecule has 0 radical (unpaired) electrons. The molecule has 0 bridgehead atoms. The van der Waals surface area contributed by atoms with Crippen molar-refractivity contribution in [1.82, 2.24) is 0 Å². The van der Waals surface area contributed by atoms with Crippen molar-refractivity contribution >= 4 is 5.97 Å². The first-order chi connectivity index (χ1) is 12.6. The molecule has 2 N–H and O–H groups in total. The molecule has 1 heterocycles. The van der Waals surface area contributed by atoms with Gasteiger partial charge in [0.1, 0.15) is 0 Å². The maximum atomic E-state index is 12.0. The second-order valence-corrected chi connectivity index (χ2v) is 8.61. The fourth-order valence-corrected chi connectivity index (χ4v) is 4.63. The number of carbonyl (C=O) groups excluding carboxylic acids is 1. The predicted octanol–water partition coefficient (Wildman–Crippen LogP) is 3.35. The van der Waals surface area contributed by atoms with Gasteiger partial charge in [-0.2, -0.15) is 0 Å². The van der Waals surface area contributed by atoms with Crippen LogP contribution in [0.25, 0.3) is 0 Å². The maximum absolute atomic E-state index is 12.0. The van der Waals surface area contributed by atoms with Crippen LogP contribution in [-0.4, -0.2) is 47.2 Å². The molecule has 1 aliphatic heterocycles. The first kappa shape index (κ1) is 20.1. The Labute approximate surface area is 157 Å². The highest BCUT2D eigenvalue weighted by molar-refractivity contribution is 5.72. The summed E-state index contributed by atoms with van der Waals surface area (Å²) >= 11 is 0. The summed E-state index contributed by atoms with van der Waals surface area (Å²) < 4.78 is 10.9. The van der Waals surface area contributed by atoms with E-state index in [2.05, 4.69) is 0 Å². The zero-order chi connectivity index (χ0) is 18.4. The average Bonchev–Trinajstić information content (AvgIpc) is 3.41. The molecule has 5 nitrogen and oxygen atoms in total. The third-order valence-corrected chi connectivity index (χ3v) is 6.48. The molecule has 0 aromatic rings. The number of hydrogen-bond acceptors (Lipinski definition) is 5. The lowest BCUT2D eigenvalue weighted by Gasteiger charge is -2.30.